The highest BCUT2D eigenvalue weighted by Gasteiger charge is 2.43. The van der Waals surface area contributed by atoms with Crippen LogP contribution in [0.5, 0.6) is 5.75 Å². The fourth-order valence-electron chi connectivity index (χ4n) is 5.48. The second kappa shape index (κ2) is 11.9. The molecule has 5 nitrogen and oxygen atoms in total. The zero-order valence-electron chi connectivity index (χ0n) is 22.7. The Bertz CT molecular complexity index is 1580. The molecule has 0 spiro atoms. The molecule has 0 atom stereocenters. The fraction of sp³-hybridized carbons (Fsp3) is 0.219. The normalized spacial score (nSPS) is 17.8. The summed E-state index contributed by atoms with van der Waals surface area (Å²) >= 11 is 0. The van der Waals surface area contributed by atoms with E-state index in [-0.39, 0.29) is 5.41 Å². The third kappa shape index (κ3) is 5.78. The molecule has 0 saturated carbocycles. The Morgan fingerprint density at radius 3 is 1.76 bits per heavy atom. The van der Waals surface area contributed by atoms with E-state index in [1.807, 2.05) is 12.2 Å². The van der Waals surface area contributed by atoms with Crippen molar-refractivity contribution >= 4 is 21.5 Å². The van der Waals surface area contributed by atoms with Crippen LogP contribution in [0.2, 0.25) is 0 Å². The molecule has 214 valence electrons. The summed E-state index contributed by atoms with van der Waals surface area (Å²) in [5.74, 6) is 1.75. The summed E-state index contributed by atoms with van der Waals surface area (Å²) in [6.07, 6.45) is 10.5. The molecule has 9 heteroatoms. The summed E-state index contributed by atoms with van der Waals surface area (Å²) < 4.78 is 69.8. The maximum Gasteiger partial charge on any atom is 0.485 e. The van der Waals surface area contributed by atoms with Crippen LogP contribution in [0.25, 0.3) is 5.57 Å². The van der Waals surface area contributed by atoms with E-state index in [2.05, 4.69) is 91.9 Å². The Labute approximate surface area is 237 Å². The quantitative estimate of drug-likeness (QED) is 0.191. The second-order valence-corrected chi connectivity index (χ2v) is 10.8. The number of benzene rings is 3. The molecular weight excluding hydrogens is 553 g/mol. The van der Waals surface area contributed by atoms with Crippen LogP contribution in [0.15, 0.2) is 103 Å². The number of rotatable bonds is 4. The van der Waals surface area contributed by atoms with Gasteiger partial charge in [-0.2, -0.15) is 13.2 Å². The summed E-state index contributed by atoms with van der Waals surface area (Å²) in [5.41, 5.74) is 3.25. The summed E-state index contributed by atoms with van der Waals surface area (Å²) in [6, 6.07) is 26.5. The van der Waals surface area contributed by atoms with Crippen LogP contribution in [0.4, 0.5) is 13.2 Å². The molecule has 2 aliphatic carbocycles. The molecule has 0 amide bonds. The summed E-state index contributed by atoms with van der Waals surface area (Å²) in [5, 5.41) is 0. The Balaban J connectivity index is 0.000000426. The topological polar surface area (TPSA) is 77.7 Å². The fourth-order valence-corrected chi connectivity index (χ4v) is 5.48. The predicted molar refractivity (Wildman–Crippen MR) is 152 cm³/mol. The molecule has 0 aromatic heterocycles. The van der Waals surface area contributed by atoms with E-state index in [0.717, 1.165) is 24.4 Å². The van der Waals surface area contributed by atoms with Crippen molar-refractivity contribution in [3.8, 4) is 5.75 Å². The van der Waals surface area contributed by atoms with Gasteiger partial charge in [0, 0.05) is 17.6 Å². The number of methoxy groups -OCH3 is 1. The molecule has 0 saturated heterocycles. The zero-order chi connectivity index (χ0) is 29.8. The van der Waals surface area contributed by atoms with Gasteiger partial charge in [0.05, 0.1) is 7.11 Å². The molecular formula is C32H29F3O5S. The number of allylic oxidation sites excluding steroid dienone is 5. The highest BCUT2D eigenvalue weighted by molar-refractivity contribution is 7.86. The largest absolute Gasteiger partial charge is 0.741 e. The van der Waals surface area contributed by atoms with E-state index in [4.69, 9.17) is 22.1 Å². The van der Waals surface area contributed by atoms with Crippen molar-refractivity contribution < 1.29 is 35.3 Å². The van der Waals surface area contributed by atoms with Crippen LogP contribution in [-0.2, 0) is 20.0 Å². The van der Waals surface area contributed by atoms with Crippen LogP contribution in [-0.4, -0.2) is 38.5 Å². The van der Waals surface area contributed by atoms with Gasteiger partial charge in [0.2, 0.25) is 0 Å². The molecule has 0 heterocycles. The van der Waals surface area contributed by atoms with Crippen molar-refractivity contribution in [3.63, 3.8) is 0 Å². The molecule has 0 fully saturated rings. The minimum absolute atomic E-state index is 0.218. The predicted octanol–water partition coefficient (Wildman–Crippen LogP) is 6.86. The molecule has 41 heavy (non-hydrogen) atoms. The van der Waals surface area contributed by atoms with Crippen molar-refractivity contribution in [2.45, 2.75) is 30.7 Å². The van der Waals surface area contributed by atoms with E-state index in [9.17, 15) is 13.2 Å². The average molecular weight is 583 g/mol. The number of ether oxygens (including phenoxy) is 1. The van der Waals surface area contributed by atoms with Gasteiger partial charge >= 0.3 is 11.3 Å². The monoisotopic (exact) mass is 582 g/mol. The van der Waals surface area contributed by atoms with Gasteiger partial charge < -0.3 is 9.29 Å². The minimum Gasteiger partial charge on any atom is -0.741 e. The lowest BCUT2D eigenvalue weighted by Gasteiger charge is -2.43. The van der Waals surface area contributed by atoms with Crippen molar-refractivity contribution in [2.24, 2.45) is 0 Å². The Kier molecular flexibility index (Phi) is 8.70. The molecule has 0 unspecified atom stereocenters. The molecule has 3 aromatic carbocycles. The number of hydrogen-bond donors (Lipinski definition) is 0. The van der Waals surface area contributed by atoms with Gasteiger partial charge in [0.1, 0.15) is 5.75 Å². The van der Waals surface area contributed by atoms with Gasteiger partial charge in [-0.25, -0.2) is 8.42 Å². The van der Waals surface area contributed by atoms with Gasteiger partial charge in [0.15, 0.2) is 10.1 Å². The van der Waals surface area contributed by atoms with E-state index in [1.165, 1.54) is 39.0 Å². The zero-order valence-corrected chi connectivity index (χ0v) is 23.6. The van der Waals surface area contributed by atoms with E-state index in [1.54, 1.807) is 14.2 Å². The van der Waals surface area contributed by atoms with Gasteiger partial charge in [-0.1, -0.05) is 74.0 Å². The first-order chi connectivity index (χ1) is 19.5. The number of halogens is 3. The van der Waals surface area contributed by atoms with Crippen molar-refractivity contribution in [1.82, 2.24) is 0 Å². The van der Waals surface area contributed by atoms with Crippen LogP contribution in [0, 0.1) is 0 Å². The minimum atomic E-state index is -6.09. The van der Waals surface area contributed by atoms with E-state index < -0.39 is 15.6 Å². The van der Waals surface area contributed by atoms with E-state index in [0.29, 0.717) is 0 Å². The highest BCUT2D eigenvalue weighted by Crippen LogP contribution is 2.53. The lowest BCUT2D eigenvalue weighted by Crippen LogP contribution is -2.34. The number of carbonyl (C=O) groups excluding carboxylic acids is 1. The first kappa shape index (κ1) is 30.0. The second-order valence-electron chi connectivity index (χ2n) is 9.48. The molecule has 0 N–H and O–H groups in total. The number of alkyl halides is 3. The Hall–Kier alpha value is -3.95. The molecule has 0 radical (unpaired) electrons. The number of hydrogen-bond acceptors (Lipinski definition) is 4. The number of ketones is 1. The molecule has 0 bridgehead atoms. The molecule has 2 aliphatic rings. The maximum atomic E-state index is 10.7. The van der Waals surface area contributed by atoms with Gasteiger partial charge in [0.25, 0.3) is 7.11 Å². The van der Waals surface area contributed by atoms with Crippen molar-refractivity contribution in [2.75, 3.05) is 14.2 Å². The summed E-state index contributed by atoms with van der Waals surface area (Å²) in [6.45, 7) is 2.28. The smallest absolute Gasteiger partial charge is 0.485 e. The molecule has 0 aliphatic heterocycles. The third-order valence-corrected chi connectivity index (χ3v) is 7.75. The van der Waals surface area contributed by atoms with Gasteiger partial charge in [-0.3, -0.25) is 4.42 Å². The average Bonchev–Trinajstić information content (AvgIpc) is 2.97. The number of fused-ring (bicyclic) bond motifs is 2. The SMILES string of the molecule is CCCC1(c2ccc(OC)cc2)c2ccccc2C(=C2C=CC(=[O+]C)C=C2)c2ccccc21.O=S(=O)([O-])C(F)(F)F. The lowest BCUT2D eigenvalue weighted by molar-refractivity contribution is -0.417. The summed E-state index contributed by atoms with van der Waals surface area (Å²) in [4.78, 5) is 0. The first-order valence-corrected chi connectivity index (χ1v) is 14.3. The third-order valence-electron chi connectivity index (χ3n) is 7.18. The highest BCUT2D eigenvalue weighted by atomic mass is 32.2. The van der Waals surface area contributed by atoms with Crippen LogP contribution in [0.3, 0.4) is 0 Å². The van der Waals surface area contributed by atoms with Gasteiger partial charge in [-0.05, 0) is 69.7 Å². The molecule has 3 aromatic rings. The molecule has 5 rings (SSSR count). The summed E-state index contributed by atoms with van der Waals surface area (Å²) in [7, 11) is -2.66. The van der Waals surface area contributed by atoms with Gasteiger partial charge in [-0.15, -0.1) is 0 Å². The maximum absolute atomic E-state index is 10.7. The van der Waals surface area contributed by atoms with Crippen molar-refractivity contribution in [3.05, 3.63) is 130 Å². The van der Waals surface area contributed by atoms with Crippen LogP contribution in [0.1, 0.15) is 47.6 Å². The first-order valence-electron chi connectivity index (χ1n) is 12.9. The standard InChI is InChI=1S/C31H29O2.CHF3O3S/c1-4-21-31(23-15-19-25(33-3)20-16-23)28-11-7-5-9-26(28)30(27-10-6-8-12-29(27)31)22-13-17-24(32-2)18-14-22;2-1(3,4)8(5,6)7/h5-20H,4,21H2,1-3H3;(H,5,6,7)/q+1;/p-1. The van der Waals surface area contributed by atoms with Crippen LogP contribution >= 0.6 is 0 Å². The Morgan fingerprint density at radius 2 is 1.34 bits per heavy atom. The van der Waals surface area contributed by atoms with E-state index >= 15 is 0 Å². The van der Waals surface area contributed by atoms with Crippen LogP contribution < -0.4 is 4.74 Å². The lowest BCUT2D eigenvalue weighted by atomic mass is 9.59. The van der Waals surface area contributed by atoms with Crippen molar-refractivity contribution in [1.29, 1.82) is 0 Å². The Morgan fingerprint density at radius 1 is 0.854 bits per heavy atom.